The summed E-state index contributed by atoms with van der Waals surface area (Å²) in [6, 6.07) is 10.6. The van der Waals surface area contributed by atoms with Crippen LogP contribution in [0.4, 0.5) is 4.39 Å². The van der Waals surface area contributed by atoms with Gasteiger partial charge in [0.15, 0.2) is 9.84 Å². The zero-order valence-electron chi connectivity index (χ0n) is 13.0. The van der Waals surface area contributed by atoms with Crippen molar-refractivity contribution in [1.82, 2.24) is 5.32 Å². The van der Waals surface area contributed by atoms with Gasteiger partial charge in [0, 0.05) is 18.4 Å². The van der Waals surface area contributed by atoms with Crippen LogP contribution in [0.2, 0.25) is 0 Å². The molecule has 6 heteroatoms. The van der Waals surface area contributed by atoms with Crippen molar-refractivity contribution in [2.75, 3.05) is 12.8 Å². The lowest BCUT2D eigenvalue weighted by molar-refractivity contribution is 0.0953. The van der Waals surface area contributed by atoms with Crippen LogP contribution in [0.15, 0.2) is 47.4 Å². The van der Waals surface area contributed by atoms with E-state index in [9.17, 15) is 17.6 Å². The standard InChI is InChI=1S/C17H18FNO3S/c1-12-6-7-15(23(2,21)22)11-16(12)17(20)19-9-8-13-4-3-5-14(18)10-13/h3-7,10-11H,8-9H2,1-2H3,(H,19,20). The summed E-state index contributed by atoms with van der Waals surface area (Å²) in [5.74, 6) is -0.657. The molecule has 0 heterocycles. The number of sulfone groups is 1. The zero-order chi connectivity index (χ0) is 17.0. The van der Waals surface area contributed by atoms with Crippen molar-refractivity contribution in [3.05, 3.63) is 65.0 Å². The summed E-state index contributed by atoms with van der Waals surface area (Å²) in [5, 5.41) is 2.73. The molecule has 0 radical (unpaired) electrons. The minimum Gasteiger partial charge on any atom is -0.352 e. The predicted octanol–water partition coefficient (Wildman–Crippen LogP) is 2.51. The second kappa shape index (κ2) is 6.91. The van der Waals surface area contributed by atoms with Crippen molar-refractivity contribution in [3.8, 4) is 0 Å². The fourth-order valence-corrected chi connectivity index (χ4v) is 2.83. The summed E-state index contributed by atoms with van der Waals surface area (Å²) < 4.78 is 36.2. The Morgan fingerprint density at radius 1 is 1.17 bits per heavy atom. The number of benzene rings is 2. The Bertz CT molecular complexity index is 831. The van der Waals surface area contributed by atoms with Gasteiger partial charge in [-0.15, -0.1) is 0 Å². The minimum atomic E-state index is -3.37. The first-order valence-electron chi connectivity index (χ1n) is 7.11. The van der Waals surface area contributed by atoms with E-state index in [1.54, 1.807) is 25.1 Å². The molecule has 0 bridgehead atoms. The molecule has 0 saturated heterocycles. The largest absolute Gasteiger partial charge is 0.352 e. The summed E-state index contributed by atoms with van der Waals surface area (Å²) in [6.45, 7) is 2.08. The average molecular weight is 335 g/mol. The third-order valence-corrected chi connectivity index (χ3v) is 4.58. The summed E-state index contributed by atoms with van der Waals surface area (Å²) in [4.78, 5) is 12.3. The predicted molar refractivity (Wildman–Crippen MR) is 86.7 cm³/mol. The van der Waals surface area contributed by atoms with Gasteiger partial charge in [0.25, 0.3) is 5.91 Å². The molecule has 0 aromatic heterocycles. The van der Waals surface area contributed by atoms with Gasteiger partial charge < -0.3 is 5.32 Å². The molecule has 0 aliphatic rings. The van der Waals surface area contributed by atoms with Crippen molar-refractivity contribution < 1.29 is 17.6 Å². The quantitative estimate of drug-likeness (QED) is 0.913. The zero-order valence-corrected chi connectivity index (χ0v) is 13.8. The van der Waals surface area contributed by atoms with Crippen LogP contribution >= 0.6 is 0 Å². The van der Waals surface area contributed by atoms with Crippen LogP contribution in [0.1, 0.15) is 21.5 Å². The first kappa shape index (κ1) is 17.1. The van der Waals surface area contributed by atoms with Gasteiger partial charge in [0.1, 0.15) is 5.82 Å². The fraction of sp³-hybridized carbons (Fsp3) is 0.235. The Labute approximate surface area is 135 Å². The topological polar surface area (TPSA) is 63.2 Å². The van der Waals surface area contributed by atoms with Crippen molar-refractivity contribution in [1.29, 1.82) is 0 Å². The molecule has 2 aromatic carbocycles. The molecule has 122 valence electrons. The summed E-state index contributed by atoms with van der Waals surface area (Å²) in [6.07, 6.45) is 1.59. The molecule has 2 aromatic rings. The molecule has 0 saturated carbocycles. The SMILES string of the molecule is Cc1ccc(S(C)(=O)=O)cc1C(=O)NCCc1cccc(F)c1. The average Bonchev–Trinajstić information content (AvgIpc) is 2.46. The maximum Gasteiger partial charge on any atom is 0.251 e. The van der Waals surface area contributed by atoms with E-state index in [1.165, 1.54) is 24.3 Å². The summed E-state index contributed by atoms with van der Waals surface area (Å²) in [5.41, 5.74) is 1.81. The Balaban J connectivity index is 2.06. The molecule has 0 unspecified atom stereocenters. The number of hydrogen-bond acceptors (Lipinski definition) is 3. The van der Waals surface area contributed by atoms with Crippen LogP contribution in [-0.2, 0) is 16.3 Å². The molecule has 1 N–H and O–H groups in total. The number of carbonyl (C=O) groups is 1. The second-order valence-corrected chi connectivity index (χ2v) is 7.40. The fourth-order valence-electron chi connectivity index (χ4n) is 2.18. The molecular weight excluding hydrogens is 317 g/mol. The highest BCUT2D eigenvalue weighted by molar-refractivity contribution is 7.90. The Morgan fingerprint density at radius 3 is 2.57 bits per heavy atom. The highest BCUT2D eigenvalue weighted by atomic mass is 32.2. The van der Waals surface area contributed by atoms with Crippen molar-refractivity contribution in [3.63, 3.8) is 0 Å². The van der Waals surface area contributed by atoms with E-state index in [0.717, 1.165) is 11.8 Å². The first-order valence-corrected chi connectivity index (χ1v) is 9.00. The van der Waals surface area contributed by atoms with E-state index in [2.05, 4.69) is 5.32 Å². The molecule has 2 rings (SSSR count). The number of nitrogens with one attached hydrogen (secondary N) is 1. The highest BCUT2D eigenvalue weighted by Crippen LogP contribution is 2.15. The normalized spacial score (nSPS) is 11.3. The number of amides is 1. The minimum absolute atomic E-state index is 0.110. The van der Waals surface area contributed by atoms with E-state index < -0.39 is 9.84 Å². The van der Waals surface area contributed by atoms with Gasteiger partial charge >= 0.3 is 0 Å². The van der Waals surface area contributed by atoms with Gasteiger partial charge in [-0.1, -0.05) is 18.2 Å². The molecule has 0 atom stereocenters. The lowest BCUT2D eigenvalue weighted by Gasteiger charge is -2.09. The van der Waals surface area contributed by atoms with Gasteiger partial charge in [0.2, 0.25) is 0 Å². The lowest BCUT2D eigenvalue weighted by Crippen LogP contribution is -2.26. The van der Waals surface area contributed by atoms with E-state index >= 15 is 0 Å². The van der Waals surface area contributed by atoms with E-state index in [-0.39, 0.29) is 16.6 Å². The maximum absolute atomic E-state index is 13.1. The van der Waals surface area contributed by atoms with E-state index in [0.29, 0.717) is 24.1 Å². The third-order valence-electron chi connectivity index (χ3n) is 3.47. The van der Waals surface area contributed by atoms with E-state index in [4.69, 9.17) is 0 Å². The molecule has 0 fully saturated rings. The van der Waals surface area contributed by atoms with Crippen molar-refractivity contribution in [2.24, 2.45) is 0 Å². The monoisotopic (exact) mass is 335 g/mol. The Kier molecular flexibility index (Phi) is 5.15. The smallest absolute Gasteiger partial charge is 0.251 e. The van der Waals surface area contributed by atoms with Crippen molar-refractivity contribution in [2.45, 2.75) is 18.2 Å². The van der Waals surface area contributed by atoms with Crippen LogP contribution in [0, 0.1) is 12.7 Å². The second-order valence-electron chi connectivity index (χ2n) is 5.38. The van der Waals surface area contributed by atoms with Crippen LogP contribution < -0.4 is 5.32 Å². The molecule has 0 aliphatic heterocycles. The Hall–Kier alpha value is -2.21. The summed E-state index contributed by atoms with van der Waals surface area (Å²) in [7, 11) is -3.37. The first-order chi connectivity index (χ1) is 10.8. The number of hydrogen-bond donors (Lipinski definition) is 1. The third kappa shape index (κ3) is 4.63. The number of carbonyl (C=O) groups excluding carboxylic acids is 1. The van der Waals surface area contributed by atoms with Gasteiger partial charge in [-0.3, -0.25) is 4.79 Å². The van der Waals surface area contributed by atoms with Gasteiger partial charge in [-0.2, -0.15) is 0 Å². The molecule has 23 heavy (non-hydrogen) atoms. The van der Waals surface area contributed by atoms with Gasteiger partial charge in [-0.25, -0.2) is 12.8 Å². The van der Waals surface area contributed by atoms with E-state index in [1.807, 2.05) is 0 Å². The Morgan fingerprint density at radius 2 is 1.91 bits per heavy atom. The number of aryl methyl sites for hydroxylation is 1. The molecule has 0 spiro atoms. The van der Waals surface area contributed by atoms with Crippen LogP contribution in [0.5, 0.6) is 0 Å². The van der Waals surface area contributed by atoms with Gasteiger partial charge in [0.05, 0.1) is 4.90 Å². The van der Waals surface area contributed by atoms with Crippen molar-refractivity contribution >= 4 is 15.7 Å². The number of rotatable bonds is 5. The van der Waals surface area contributed by atoms with Gasteiger partial charge in [-0.05, 0) is 48.7 Å². The lowest BCUT2D eigenvalue weighted by atomic mass is 10.1. The molecule has 0 aliphatic carbocycles. The molecule has 4 nitrogen and oxygen atoms in total. The van der Waals surface area contributed by atoms with Crippen LogP contribution in [-0.4, -0.2) is 27.1 Å². The maximum atomic E-state index is 13.1. The highest BCUT2D eigenvalue weighted by Gasteiger charge is 2.14. The summed E-state index contributed by atoms with van der Waals surface area (Å²) >= 11 is 0. The van der Waals surface area contributed by atoms with Crippen LogP contribution in [0.3, 0.4) is 0 Å². The number of halogens is 1. The molecule has 1 amide bonds. The molecular formula is C17H18FNO3S. The van der Waals surface area contributed by atoms with Crippen LogP contribution in [0.25, 0.3) is 0 Å².